The molecule has 0 amide bonds. The molecule has 8 nitrogen and oxygen atoms in total. The van der Waals surface area contributed by atoms with Crippen molar-refractivity contribution in [2.24, 2.45) is 5.92 Å². The lowest BCUT2D eigenvalue weighted by Gasteiger charge is -2.36. The van der Waals surface area contributed by atoms with E-state index < -0.39 is 11.7 Å². The first-order valence-electron chi connectivity index (χ1n) is 13.7. The quantitative estimate of drug-likeness (QED) is 0.327. The van der Waals surface area contributed by atoms with Crippen LogP contribution in [0.15, 0.2) is 24.3 Å². The normalized spacial score (nSPS) is 19.2. The number of imidazole rings is 1. The van der Waals surface area contributed by atoms with Gasteiger partial charge >= 0.3 is 6.18 Å². The van der Waals surface area contributed by atoms with Gasteiger partial charge in [0.25, 0.3) is 0 Å². The topological polar surface area (TPSA) is 92.0 Å². The predicted molar refractivity (Wildman–Crippen MR) is 146 cm³/mol. The van der Waals surface area contributed by atoms with E-state index in [1.54, 1.807) is 14.0 Å². The van der Waals surface area contributed by atoms with Crippen molar-refractivity contribution in [3.05, 3.63) is 41.2 Å². The Kier molecular flexibility index (Phi) is 7.80. The summed E-state index contributed by atoms with van der Waals surface area (Å²) in [5.74, 6) is 2.15. The number of fused-ring (bicyclic) bond motifs is 1. The second-order valence-electron chi connectivity index (χ2n) is 10.8. The van der Waals surface area contributed by atoms with E-state index >= 15 is 0 Å². The third-order valence-corrected chi connectivity index (χ3v) is 8.00. The minimum atomic E-state index is -4.39. The number of hydrogen-bond acceptors (Lipinski definition) is 7. The molecule has 1 aliphatic heterocycles. The molecular formula is C28H36F3N7O. The van der Waals surface area contributed by atoms with Gasteiger partial charge in [-0.1, -0.05) is 18.6 Å². The van der Waals surface area contributed by atoms with Gasteiger partial charge in [0.15, 0.2) is 17.3 Å². The number of methoxy groups -OCH3 is 1. The molecule has 1 aromatic carbocycles. The van der Waals surface area contributed by atoms with Gasteiger partial charge in [0.2, 0.25) is 5.95 Å². The van der Waals surface area contributed by atoms with Gasteiger partial charge in [-0.05, 0) is 69.6 Å². The lowest BCUT2D eigenvalue weighted by atomic mass is 9.80. The fourth-order valence-electron chi connectivity index (χ4n) is 5.55. The molecule has 1 unspecified atom stereocenters. The average Bonchev–Trinajstić information content (AvgIpc) is 3.21. The van der Waals surface area contributed by atoms with Crippen LogP contribution in [-0.4, -0.2) is 57.6 Å². The summed E-state index contributed by atoms with van der Waals surface area (Å²) in [6, 6.07) is 5.56. The molecule has 5 rings (SSSR count). The molecule has 2 aromatic heterocycles. The van der Waals surface area contributed by atoms with Gasteiger partial charge in [0, 0.05) is 19.7 Å². The Bertz CT molecular complexity index is 1320. The van der Waals surface area contributed by atoms with Crippen LogP contribution in [0.3, 0.4) is 0 Å². The molecule has 2 N–H and O–H groups in total. The number of benzene rings is 1. The van der Waals surface area contributed by atoms with Crippen molar-refractivity contribution in [3.63, 3.8) is 0 Å². The van der Waals surface area contributed by atoms with E-state index in [4.69, 9.17) is 20.1 Å². The highest BCUT2D eigenvalue weighted by Crippen LogP contribution is 2.35. The van der Waals surface area contributed by atoms with Crippen LogP contribution in [0.25, 0.3) is 11.2 Å². The summed E-state index contributed by atoms with van der Waals surface area (Å²) in [4.78, 5) is 16.6. The summed E-state index contributed by atoms with van der Waals surface area (Å²) in [6.07, 6.45) is 2.18. The van der Waals surface area contributed by atoms with Gasteiger partial charge in [0.05, 0.1) is 30.5 Å². The second-order valence-corrected chi connectivity index (χ2v) is 10.8. The lowest BCUT2D eigenvalue weighted by molar-refractivity contribution is -0.137. The van der Waals surface area contributed by atoms with E-state index in [1.807, 2.05) is 4.57 Å². The van der Waals surface area contributed by atoms with Gasteiger partial charge in [-0.2, -0.15) is 18.2 Å². The monoisotopic (exact) mass is 543 g/mol. The molecule has 2 atom stereocenters. The Hall–Kier alpha value is -3.21. The van der Waals surface area contributed by atoms with E-state index in [2.05, 4.69) is 22.1 Å². The van der Waals surface area contributed by atoms with Crippen LogP contribution in [-0.2, 0) is 17.5 Å². The zero-order valence-corrected chi connectivity index (χ0v) is 22.7. The van der Waals surface area contributed by atoms with Crippen molar-refractivity contribution >= 4 is 28.6 Å². The first-order chi connectivity index (χ1) is 18.7. The van der Waals surface area contributed by atoms with Crippen LogP contribution in [0, 0.1) is 11.3 Å². The van der Waals surface area contributed by atoms with Crippen molar-refractivity contribution in [1.29, 1.82) is 5.41 Å². The number of nitrogens with one attached hydrogen (secondary N) is 2. The zero-order valence-electron chi connectivity index (χ0n) is 22.7. The maximum Gasteiger partial charge on any atom is 0.416 e. The minimum absolute atomic E-state index is 0.120. The van der Waals surface area contributed by atoms with E-state index in [0.29, 0.717) is 53.4 Å². The minimum Gasteiger partial charge on any atom is -0.383 e. The molecule has 210 valence electrons. The van der Waals surface area contributed by atoms with E-state index in [9.17, 15) is 13.2 Å². The van der Waals surface area contributed by atoms with Gasteiger partial charge in [-0.3, -0.25) is 0 Å². The summed E-state index contributed by atoms with van der Waals surface area (Å²) in [7, 11) is 1.69. The standard InChI is InChI=1S/C28H36F3N7O/c1-17(32)24-34-25(33-18(2)20-7-6-8-20)23-26(35-24)36-27(37-14-5-4-9-22(37)16-39-3)38(23)15-19-10-12-21(13-11-19)28(29,30)31/h10-13,18,20,22,32H,4-9,14-16H2,1-3H3,(H,33,34,35)/t18-,22?/m1/s1. The molecule has 1 aliphatic carbocycles. The Morgan fingerprint density at radius 3 is 2.46 bits per heavy atom. The summed E-state index contributed by atoms with van der Waals surface area (Å²) in [5.41, 5.74) is 1.45. The highest BCUT2D eigenvalue weighted by Gasteiger charge is 2.32. The van der Waals surface area contributed by atoms with Crippen LogP contribution >= 0.6 is 0 Å². The van der Waals surface area contributed by atoms with Crippen molar-refractivity contribution < 1.29 is 17.9 Å². The predicted octanol–water partition coefficient (Wildman–Crippen LogP) is 5.89. The average molecular weight is 544 g/mol. The number of anilines is 2. The molecule has 3 aromatic rings. The second kappa shape index (κ2) is 11.1. The third kappa shape index (κ3) is 5.73. The third-order valence-electron chi connectivity index (χ3n) is 8.00. The molecule has 39 heavy (non-hydrogen) atoms. The van der Waals surface area contributed by atoms with Crippen molar-refractivity contribution in [3.8, 4) is 0 Å². The van der Waals surface area contributed by atoms with E-state index in [-0.39, 0.29) is 17.8 Å². The Morgan fingerprint density at radius 2 is 1.85 bits per heavy atom. The molecule has 0 spiro atoms. The molecule has 11 heteroatoms. The molecule has 1 saturated heterocycles. The molecule has 3 heterocycles. The van der Waals surface area contributed by atoms with Gasteiger partial charge < -0.3 is 24.9 Å². The van der Waals surface area contributed by atoms with Crippen LogP contribution in [0.1, 0.15) is 69.3 Å². The fourth-order valence-corrected chi connectivity index (χ4v) is 5.55. The van der Waals surface area contributed by atoms with Crippen LogP contribution < -0.4 is 10.2 Å². The van der Waals surface area contributed by atoms with E-state index in [1.165, 1.54) is 18.6 Å². The number of piperidine rings is 1. The molecule has 0 bridgehead atoms. The van der Waals surface area contributed by atoms with Gasteiger partial charge in [-0.15, -0.1) is 0 Å². The highest BCUT2D eigenvalue weighted by molar-refractivity contribution is 5.96. The number of alkyl halides is 3. The van der Waals surface area contributed by atoms with Gasteiger partial charge in [-0.25, -0.2) is 9.97 Å². The number of rotatable bonds is 9. The summed E-state index contributed by atoms with van der Waals surface area (Å²) >= 11 is 0. The Labute approximate surface area is 226 Å². The maximum absolute atomic E-state index is 13.2. The number of halogens is 3. The summed E-state index contributed by atoms with van der Waals surface area (Å²) in [6.45, 7) is 5.43. The zero-order chi connectivity index (χ0) is 27.7. The van der Waals surface area contributed by atoms with Gasteiger partial charge in [0.1, 0.15) is 5.52 Å². The highest BCUT2D eigenvalue weighted by atomic mass is 19.4. The molecule has 2 aliphatic rings. The van der Waals surface area contributed by atoms with Crippen LogP contribution in [0.5, 0.6) is 0 Å². The Balaban J connectivity index is 1.64. The number of hydrogen-bond donors (Lipinski definition) is 2. The smallest absolute Gasteiger partial charge is 0.383 e. The van der Waals surface area contributed by atoms with E-state index in [0.717, 1.165) is 50.8 Å². The Morgan fingerprint density at radius 1 is 1.10 bits per heavy atom. The SMILES string of the molecule is COCC1CCCCN1c1nc2nc(C(C)=N)nc(N[C@H](C)C3CCC3)c2n1Cc1ccc(C(F)(F)F)cc1. The summed E-state index contributed by atoms with van der Waals surface area (Å²) in [5, 5.41) is 11.8. The summed E-state index contributed by atoms with van der Waals surface area (Å²) < 4.78 is 47.2. The largest absolute Gasteiger partial charge is 0.416 e. The molecule has 0 radical (unpaired) electrons. The molecule has 2 fully saturated rings. The lowest BCUT2D eigenvalue weighted by Crippen LogP contribution is -2.43. The van der Waals surface area contributed by atoms with Crippen LogP contribution in [0.4, 0.5) is 24.9 Å². The number of nitrogens with zero attached hydrogens (tertiary/aromatic N) is 5. The number of aromatic nitrogens is 4. The fraction of sp³-hybridized carbons (Fsp3) is 0.571. The van der Waals surface area contributed by atoms with Crippen molar-refractivity contribution in [2.45, 2.75) is 77.2 Å². The van der Waals surface area contributed by atoms with Crippen molar-refractivity contribution in [1.82, 2.24) is 19.5 Å². The van der Waals surface area contributed by atoms with Crippen molar-refractivity contribution in [2.75, 3.05) is 30.5 Å². The maximum atomic E-state index is 13.2. The first-order valence-corrected chi connectivity index (χ1v) is 13.7. The number of ether oxygens (including phenoxy) is 1. The first kappa shape index (κ1) is 27.4. The van der Waals surface area contributed by atoms with Crippen LogP contribution in [0.2, 0.25) is 0 Å². The molecule has 1 saturated carbocycles. The molecular weight excluding hydrogens is 507 g/mol.